The Morgan fingerprint density at radius 1 is 1.42 bits per heavy atom. The average molecular weight is 373 g/mol. The van der Waals surface area contributed by atoms with Gasteiger partial charge < -0.3 is 9.42 Å². The van der Waals surface area contributed by atoms with E-state index in [0.717, 1.165) is 6.42 Å². The van der Waals surface area contributed by atoms with Crippen LogP contribution < -0.4 is 0 Å². The van der Waals surface area contributed by atoms with Gasteiger partial charge in [0.2, 0.25) is 0 Å². The summed E-state index contributed by atoms with van der Waals surface area (Å²) in [5, 5.41) is 12.7. The Labute approximate surface area is 154 Å². The smallest absolute Gasteiger partial charge is 0.280 e. The van der Waals surface area contributed by atoms with E-state index in [1.807, 2.05) is 6.92 Å². The molecule has 1 aliphatic rings. The van der Waals surface area contributed by atoms with Crippen LogP contribution in [0.5, 0.6) is 0 Å². The molecule has 134 valence electrons. The van der Waals surface area contributed by atoms with E-state index in [1.165, 1.54) is 0 Å². The van der Waals surface area contributed by atoms with Gasteiger partial charge >= 0.3 is 0 Å². The lowest BCUT2D eigenvalue weighted by atomic mass is 10.2. The quantitative estimate of drug-likeness (QED) is 0.699. The Morgan fingerprint density at radius 2 is 2.31 bits per heavy atom. The molecule has 0 aliphatic carbocycles. The largest absolute Gasteiger partial charge is 0.336 e. The summed E-state index contributed by atoms with van der Waals surface area (Å²) in [5.74, 6) is 0.964. The zero-order chi connectivity index (χ0) is 18.1. The van der Waals surface area contributed by atoms with Gasteiger partial charge in [-0.15, -0.1) is 5.10 Å². The van der Waals surface area contributed by atoms with Gasteiger partial charge in [-0.05, 0) is 24.6 Å². The molecule has 3 aromatic rings. The molecule has 0 spiro atoms. The molecule has 0 radical (unpaired) electrons. The summed E-state index contributed by atoms with van der Waals surface area (Å²) >= 11 is 5.98. The highest BCUT2D eigenvalue weighted by atomic mass is 35.5. The van der Waals surface area contributed by atoms with E-state index in [2.05, 4.69) is 20.5 Å². The number of halogens is 1. The standard InChI is InChI=1S/C17H17ClN6O2/c1-2-15-19-16(26-21-15)14-10-24(22-20-14)13-6-7-23(9-13)17(25)11-4-3-5-12(18)8-11/h3-5,8,10,13H,2,6-7,9H2,1H3/t13-/m0/s1. The Bertz CT molecular complexity index is 937. The Hall–Kier alpha value is -2.74. The molecule has 0 N–H and O–H groups in total. The second kappa shape index (κ2) is 6.87. The third kappa shape index (κ3) is 3.20. The minimum Gasteiger partial charge on any atom is -0.336 e. The highest BCUT2D eigenvalue weighted by molar-refractivity contribution is 6.30. The summed E-state index contributed by atoms with van der Waals surface area (Å²) < 4.78 is 6.95. The van der Waals surface area contributed by atoms with Gasteiger partial charge in [0, 0.05) is 30.1 Å². The van der Waals surface area contributed by atoms with Crippen LogP contribution in [0.1, 0.15) is 35.6 Å². The van der Waals surface area contributed by atoms with Gasteiger partial charge in [0.15, 0.2) is 11.5 Å². The molecule has 1 aliphatic heterocycles. The summed E-state index contributed by atoms with van der Waals surface area (Å²) in [7, 11) is 0. The van der Waals surface area contributed by atoms with Gasteiger partial charge in [-0.3, -0.25) is 4.79 Å². The first-order valence-corrected chi connectivity index (χ1v) is 8.81. The van der Waals surface area contributed by atoms with Crippen LogP contribution in [0.25, 0.3) is 11.6 Å². The predicted molar refractivity (Wildman–Crippen MR) is 93.7 cm³/mol. The van der Waals surface area contributed by atoms with Gasteiger partial charge in [0.25, 0.3) is 11.8 Å². The minimum absolute atomic E-state index is 0.0279. The van der Waals surface area contributed by atoms with Gasteiger partial charge in [0.1, 0.15) is 0 Å². The van der Waals surface area contributed by atoms with Crippen molar-refractivity contribution < 1.29 is 9.32 Å². The summed E-state index contributed by atoms with van der Waals surface area (Å²) in [6, 6.07) is 7.06. The number of rotatable bonds is 4. The van der Waals surface area contributed by atoms with Gasteiger partial charge in [0.05, 0.1) is 12.2 Å². The number of aryl methyl sites for hydroxylation is 1. The lowest BCUT2D eigenvalue weighted by molar-refractivity contribution is 0.0787. The normalized spacial score (nSPS) is 17.0. The second-order valence-corrected chi connectivity index (χ2v) is 6.59. The first kappa shape index (κ1) is 16.7. The number of likely N-dealkylation sites (tertiary alicyclic amines) is 1. The molecule has 0 saturated carbocycles. The molecule has 8 nitrogen and oxygen atoms in total. The number of hydrogen-bond donors (Lipinski definition) is 0. The topological polar surface area (TPSA) is 89.9 Å². The number of benzene rings is 1. The highest BCUT2D eigenvalue weighted by Gasteiger charge is 2.29. The maximum absolute atomic E-state index is 12.6. The van der Waals surface area contributed by atoms with Crippen LogP contribution in [0.15, 0.2) is 35.0 Å². The first-order chi connectivity index (χ1) is 12.6. The van der Waals surface area contributed by atoms with Gasteiger partial charge in [-0.25, -0.2) is 4.68 Å². The molecule has 1 aromatic carbocycles. The summed E-state index contributed by atoms with van der Waals surface area (Å²) in [5.41, 5.74) is 1.13. The highest BCUT2D eigenvalue weighted by Crippen LogP contribution is 2.25. The maximum Gasteiger partial charge on any atom is 0.280 e. The Morgan fingerprint density at radius 3 is 3.08 bits per heavy atom. The van der Waals surface area contributed by atoms with Crippen molar-refractivity contribution in [3.8, 4) is 11.6 Å². The fourth-order valence-corrected chi connectivity index (χ4v) is 3.19. The van der Waals surface area contributed by atoms with Gasteiger partial charge in [-0.1, -0.05) is 35.0 Å². The van der Waals surface area contributed by atoms with E-state index in [1.54, 1.807) is 40.0 Å². The average Bonchev–Trinajstić information content (AvgIpc) is 3.39. The molecular weight excluding hydrogens is 356 g/mol. The molecule has 0 unspecified atom stereocenters. The van der Waals surface area contributed by atoms with E-state index in [-0.39, 0.29) is 11.9 Å². The van der Waals surface area contributed by atoms with Crippen LogP contribution in [-0.4, -0.2) is 49.0 Å². The van der Waals surface area contributed by atoms with E-state index in [9.17, 15) is 4.79 Å². The first-order valence-electron chi connectivity index (χ1n) is 8.43. The number of nitrogens with zero attached hydrogens (tertiary/aromatic N) is 6. The molecule has 2 aromatic heterocycles. The fourth-order valence-electron chi connectivity index (χ4n) is 3.00. The molecule has 9 heteroatoms. The summed E-state index contributed by atoms with van der Waals surface area (Å²) in [4.78, 5) is 18.7. The van der Waals surface area contributed by atoms with Gasteiger partial charge in [-0.2, -0.15) is 4.98 Å². The lowest BCUT2D eigenvalue weighted by Gasteiger charge is -2.16. The molecule has 1 saturated heterocycles. The number of carbonyl (C=O) groups excluding carboxylic acids is 1. The molecule has 0 bridgehead atoms. The molecule has 26 heavy (non-hydrogen) atoms. The van der Waals surface area contributed by atoms with Crippen molar-refractivity contribution in [2.75, 3.05) is 13.1 Å². The maximum atomic E-state index is 12.6. The lowest BCUT2D eigenvalue weighted by Crippen LogP contribution is -2.29. The molecule has 1 amide bonds. The molecule has 3 heterocycles. The summed E-state index contributed by atoms with van der Waals surface area (Å²) in [6.07, 6.45) is 3.28. The monoisotopic (exact) mass is 372 g/mol. The number of carbonyl (C=O) groups is 1. The Balaban J connectivity index is 1.46. The zero-order valence-electron chi connectivity index (χ0n) is 14.2. The summed E-state index contributed by atoms with van der Waals surface area (Å²) in [6.45, 7) is 3.18. The van der Waals surface area contributed by atoms with Crippen molar-refractivity contribution in [2.24, 2.45) is 0 Å². The zero-order valence-corrected chi connectivity index (χ0v) is 14.9. The van der Waals surface area contributed by atoms with Crippen LogP contribution in [-0.2, 0) is 6.42 Å². The third-order valence-corrected chi connectivity index (χ3v) is 4.65. The fraction of sp³-hybridized carbons (Fsp3) is 0.353. The van der Waals surface area contributed by atoms with E-state index in [4.69, 9.17) is 16.1 Å². The van der Waals surface area contributed by atoms with Crippen molar-refractivity contribution in [1.29, 1.82) is 0 Å². The van der Waals surface area contributed by atoms with E-state index in [0.29, 0.717) is 47.5 Å². The van der Waals surface area contributed by atoms with Crippen molar-refractivity contribution in [2.45, 2.75) is 25.8 Å². The number of hydrogen-bond acceptors (Lipinski definition) is 6. The number of amides is 1. The van der Waals surface area contributed by atoms with Crippen molar-refractivity contribution in [3.05, 3.63) is 46.9 Å². The van der Waals surface area contributed by atoms with Crippen LogP contribution in [0.3, 0.4) is 0 Å². The second-order valence-electron chi connectivity index (χ2n) is 6.16. The minimum atomic E-state index is -0.0279. The Kier molecular flexibility index (Phi) is 4.42. The van der Waals surface area contributed by atoms with Crippen molar-refractivity contribution >= 4 is 17.5 Å². The number of aromatic nitrogens is 5. The third-order valence-electron chi connectivity index (χ3n) is 4.41. The molecule has 4 rings (SSSR count). The van der Waals surface area contributed by atoms with Crippen molar-refractivity contribution in [3.63, 3.8) is 0 Å². The van der Waals surface area contributed by atoms with E-state index < -0.39 is 0 Å². The van der Waals surface area contributed by atoms with Crippen LogP contribution >= 0.6 is 11.6 Å². The van der Waals surface area contributed by atoms with Crippen LogP contribution in [0, 0.1) is 0 Å². The van der Waals surface area contributed by atoms with E-state index >= 15 is 0 Å². The SMILES string of the molecule is CCc1noc(-c2cn([C@H]3CCN(C(=O)c4cccc(Cl)c4)C3)nn2)n1. The molecule has 1 fully saturated rings. The van der Waals surface area contributed by atoms with Crippen molar-refractivity contribution in [1.82, 2.24) is 30.0 Å². The van der Waals surface area contributed by atoms with Crippen LogP contribution in [0.4, 0.5) is 0 Å². The molecule has 1 atom stereocenters. The molecular formula is C17H17ClN6O2. The van der Waals surface area contributed by atoms with Crippen LogP contribution in [0.2, 0.25) is 5.02 Å². The predicted octanol–water partition coefficient (Wildman–Crippen LogP) is 2.63.